The van der Waals surface area contributed by atoms with Crippen LogP contribution < -0.4 is 0 Å². The average Bonchev–Trinajstić information content (AvgIpc) is 2.80. The van der Waals surface area contributed by atoms with E-state index >= 15 is 0 Å². The van der Waals surface area contributed by atoms with E-state index in [1.54, 1.807) is 24.5 Å². The van der Waals surface area contributed by atoms with Gasteiger partial charge in [0.15, 0.2) is 0 Å². The molecular formula is C14H11BN4O2. The normalized spacial score (nSPS) is 15.0. The van der Waals surface area contributed by atoms with Crippen LogP contribution in [0.3, 0.4) is 0 Å². The fourth-order valence-electron chi connectivity index (χ4n) is 2.21. The number of carbonyl (C=O) groups excluding carboxylic acids is 1. The molecule has 0 saturated heterocycles. The number of benzene rings is 1. The number of hydrogen-bond donors (Lipinski definition) is 0. The third-order valence-corrected chi connectivity index (χ3v) is 3.12. The van der Waals surface area contributed by atoms with Crippen LogP contribution in [0.25, 0.3) is 11.4 Å². The van der Waals surface area contributed by atoms with Gasteiger partial charge in [-0.3, -0.25) is 0 Å². The number of hydrogen-bond acceptors (Lipinski definition) is 5. The average molecular weight is 278 g/mol. The molecule has 1 aliphatic heterocycles. The molecule has 2 heterocycles. The van der Waals surface area contributed by atoms with E-state index in [1.807, 2.05) is 12.1 Å². The van der Waals surface area contributed by atoms with Gasteiger partial charge in [0, 0.05) is 0 Å². The van der Waals surface area contributed by atoms with Crippen molar-refractivity contribution in [1.29, 1.82) is 0 Å². The summed E-state index contributed by atoms with van der Waals surface area (Å²) in [6, 6.07) is 7.11. The Morgan fingerprint density at radius 1 is 1.29 bits per heavy atom. The second kappa shape index (κ2) is 5.28. The Morgan fingerprint density at radius 2 is 2.05 bits per heavy atom. The van der Waals surface area contributed by atoms with Gasteiger partial charge in [-0.2, -0.15) is 0 Å². The molecule has 0 N–H and O–H groups in total. The molecule has 2 aromatic rings. The first kappa shape index (κ1) is 13.2. The molecule has 0 unspecified atom stereocenters. The maximum atomic E-state index is 12.2. The molecular weight excluding hydrogens is 267 g/mol. The second-order valence-electron chi connectivity index (χ2n) is 4.29. The van der Waals surface area contributed by atoms with Gasteiger partial charge in [-0.05, 0) is 0 Å². The van der Waals surface area contributed by atoms with Crippen molar-refractivity contribution in [1.82, 2.24) is 14.8 Å². The Bertz CT molecular complexity index is 746. The predicted octanol–water partition coefficient (Wildman–Crippen LogP) is 0.959. The number of amides is 1. The number of amidine groups is 1. The Labute approximate surface area is 122 Å². The van der Waals surface area contributed by atoms with Crippen molar-refractivity contribution in [2.75, 3.05) is 7.11 Å². The molecule has 0 bridgehead atoms. The number of aromatic nitrogens is 2. The van der Waals surface area contributed by atoms with Crippen molar-refractivity contribution in [3.8, 4) is 11.4 Å². The molecule has 6 nitrogen and oxygen atoms in total. The quantitative estimate of drug-likeness (QED) is 0.619. The third-order valence-electron chi connectivity index (χ3n) is 3.12. The maximum absolute atomic E-state index is 12.2. The van der Waals surface area contributed by atoms with E-state index in [0.29, 0.717) is 22.8 Å². The Morgan fingerprint density at radius 3 is 2.71 bits per heavy atom. The molecule has 0 aliphatic carbocycles. The molecule has 3 rings (SSSR count). The van der Waals surface area contributed by atoms with Crippen LogP contribution in [0, 0.1) is 0 Å². The molecule has 1 aromatic carbocycles. The monoisotopic (exact) mass is 278 g/mol. The number of carbonyl (C=O) groups is 1. The SMILES string of the molecule is C=BN1C(=O)c2ccc(-c3ncccn3)cc2/C1=N\OC. The van der Waals surface area contributed by atoms with Crippen molar-refractivity contribution >= 4 is 25.3 Å². The van der Waals surface area contributed by atoms with Crippen LogP contribution in [-0.2, 0) is 4.84 Å². The van der Waals surface area contributed by atoms with Crippen LogP contribution in [0.4, 0.5) is 0 Å². The number of rotatable bonds is 3. The first-order valence-electron chi connectivity index (χ1n) is 6.25. The molecule has 0 fully saturated rings. The van der Waals surface area contributed by atoms with E-state index in [2.05, 4.69) is 21.6 Å². The van der Waals surface area contributed by atoms with Crippen LogP contribution in [0.2, 0.25) is 0 Å². The minimum atomic E-state index is -0.184. The Balaban J connectivity index is 2.15. The van der Waals surface area contributed by atoms with Crippen molar-refractivity contribution in [3.05, 3.63) is 47.8 Å². The summed E-state index contributed by atoms with van der Waals surface area (Å²) in [5.41, 5.74) is 2.02. The van der Waals surface area contributed by atoms with Gasteiger partial charge < -0.3 is 0 Å². The first-order valence-corrected chi connectivity index (χ1v) is 6.25. The van der Waals surface area contributed by atoms with E-state index in [9.17, 15) is 4.79 Å². The van der Waals surface area contributed by atoms with Crippen molar-refractivity contribution in [2.45, 2.75) is 0 Å². The molecule has 0 spiro atoms. The fraction of sp³-hybridized carbons (Fsp3) is 0.0714. The van der Waals surface area contributed by atoms with Gasteiger partial charge in [0.1, 0.15) is 0 Å². The summed E-state index contributed by atoms with van der Waals surface area (Å²) in [6.07, 6.45) is 3.34. The standard InChI is InChI=1S/C14H11BN4O2/c1-15-19-13(18-21-2)11-8-9(4-5-10(11)14(19)20)12-16-6-3-7-17-12/h3-8H,1H2,2H3/b18-13+. The van der Waals surface area contributed by atoms with Gasteiger partial charge >= 0.3 is 121 Å². The summed E-state index contributed by atoms with van der Waals surface area (Å²) in [6.45, 7) is 3.63. The van der Waals surface area contributed by atoms with Crippen molar-refractivity contribution < 1.29 is 9.63 Å². The van der Waals surface area contributed by atoms with Gasteiger partial charge in [-0.25, -0.2) is 0 Å². The van der Waals surface area contributed by atoms with Gasteiger partial charge in [0.2, 0.25) is 0 Å². The molecule has 0 radical (unpaired) electrons. The van der Waals surface area contributed by atoms with E-state index < -0.39 is 0 Å². The van der Waals surface area contributed by atoms with E-state index in [1.165, 1.54) is 19.0 Å². The van der Waals surface area contributed by atoms with Crippen molar-refractivity contribution in [2.24, 2.45) is 5.16 Å². The molecule has 1 aromatic heterocycles. The van der Waals surface area contributed by atoms with Crippen LogP contribution in [0.5, 0.6) is 0 Å². The summed E-state index contributed by atoms with van der Waals surface area (Å²) >= 11 is 0. The summed E-state index contributed by atoms with van der Waals surface area (Å²) in [5.74, 6) is 0.809. The molecule has 0 saturated carbocycles. The molecule has 102 valence electrons. The summed E-state index contributed by atoms with van der Waals surface area (Å²) in [4.78, 5) is 26.8. The fourth-order valence-corrected chi connectivity index (χ4v) is 2.21. The zero-order valence-electron chi connectivity index (χ0n) is 11.4. The predicted molar refractivity (Wildman–Crippen MR) is 80.1 cm³/mol. The van der Waals surface area contributed by atoms with Crippen LogP contribution in [-0.4, -0.2) is 47.2 Å². The van der Waals surface area contributed by atoms with E-state index in [0.717, 1.165) is 5.56 Å². The number of fused-ring (bicyclic) bond motifs is 1. The van der Waals surface area contributed by atoms with Crippen molar-refractivity contribution in [3.63, 3.8) is 0 Å². The Hall–Kier alpha value is -2.83. The van der Waals surface area contributed by atoms with E-state index in [4.69, 9.17) is 4.84 Å². The van der Waals surface area contributed by atoms with E-state index in [-0.39, 0.29) is 5.91 Å². The first-order chi connectivity index (χ1) is 10.3. The molecule has 21 heavy (non-hydrogen) atoms. The molecule has 1 aliphatic rings. The van der Waals surface area contributed by atoms with Crippen LogP contribution in [0.15, 0.2) is 41.8 Å². The van der Waals surface area contributed by atoms with Gasteiger partial charge in [0.05, 0.1) is 0 Å². The number of oxime groups is 1. The third kappa shape index (κ3) is 2.12. The zero-order chi connectivity index (χ0) is 14.8. The summed E-state index contributed by atoms with van der Waals surface area (Å²) in [5, 5.41) is 3.91. The Kier molecular flexibility index (Phi) is 3.31. The topological polar surface area (TPSA) is 67.7 Å². The summed E-state index contributed by atoms with van der Waals surface area (Å²) in [7, 11) is 2.85. The van der Waals surface area contributed by atoms with Gasteiger partial charge in [0.25, 0.3) is 0 Å². The summed E-state index contributed by atoms with van der Waals surface area (Å²) < 4.78 is 0. The second-order valence-corrected chi connectivity index (χ2v) is 4.29. The van der Waals surface area contributed by atoms with Gasteiger partial charge in [-0.15, -0.1) is 0 Å². The molecule has 0 atom stereocenters. The minimum absolute atomic E-state index is 0.184. The van der Waals surface area contributed by atoms with Gasteiger partial charge in [-0.1, -0.05) is 0 Å². The molecule has 1 amide bonds. The number of nitrogens with zero attached hydrogens (tertiary/aromatic N) is 4. The zero-order valence-corrected chi connectivity index (χ0v) is 11.4. The molecule has 7 heteroatoms. The van der Waals surface area contributed by atoms with Crippen LogP contribution >= 0.6 is 0 Å². The van der Waals surface area contributed by atoms with Crippen LogP contribution in [0.1, 0.15) is 15.9 Å².